The number of carbonyl (C=O) groups excluding carboxylic acids is 1. The lowest BCUT2D eigenvalue weighted by atomic mass is 9.85. The molecular formula is C19H21N3O2. The molecule has 0 spiro atoms. The standard InChI is InChI=1S/C19H21N3O2/c1-12-10-14(19(3,4)5)11-17(18(12)24-13(2)23)22-20-15-8-6-7-9-16(15)21-22/h6-11H,1-5H3. The molecule has 0 saturated carbocycles. The SMILES string of the molecule is CC(=O)Oc1c(C)cc(C(C)(C)C)cc1-n1nc2ccccc2n1. The molecule has 0 radical (unpaired) electrons. The lowest BCUT2D eigenvalue weighted by molar-refractivity contribution is -0.131. The van der Waals surface area contributed by atoms with Gasteiger partial charge in [-0.05, 0) is 41.7 Å². The fraction of sp³-hybridized carbons (Fsp3) is 0.316. The van der Waals surface area contributed by atoms with Gasteiger partial charge in [0.15, 0.2) is 5.75 Å². The van der Waals surface area contributed by atoms with Crippen LogP contribution in [0.2, 0.25) is 0 Å². The highest BCUT2D eigenvalue weighted by molar-refractivity contribution is 5.75. The summed E-state index contributed by atoms with van der Waals surface area (Å²) >= 11 is 0. The van der Waals surface area contributed by atoms with Crippen LogP contribution in [0.3, 0.4) is 0 Å². The Bertz CT molecular complexity index is 887. The maximum absolute atomic E-state index is 11.5. The monoisotopic (exact) mass is 323 g/mol. The van der Waals surface area contributed by atoms with E-state index in [1.165, 1.54) is 6.92 Å². The number of hydrogen-bond donors (Lipinski definition) is 0. The van der Waals surface area contributed by atoms with Crippen molar-refractivity contribution in [2.45, 2.75) is 40.0 Å². The normalized spacial score (nSPS) is 11.7. The molecule has 0 amide bonds. The van der Waals surface area contributed by atoms with Gasteiger partial charge < -0.3 is 4.74 Å². The summed E-state index contributed by atoms with van der Waals surface area (Å²) in [7, 11) is 0. The first-order valence-corrected chi connectivity index (χ1v) is 7.92. The van der Waals surface area contributed by atoms with Gasteiger partial charge in [-0.15, -0.1) is 15.0 Å². The number of hydrogen-bond acceptors (Lipinski definition) is 4. The molecule has 24 heavy (non-hydrogen) atoms. The summed E-state index contributed by atoms with van der Waals surface area (Å²) in [5.74, 6) is 0.135. The van der Waals surface area contributed by atoms with E-state index in [9.17, 15) is 4.79 Å². The zero-order chi connectivity index (χ0) is 17.5. The first-order valence-electron chi connectivity index (χ1n) is 7.92. The highest BCUT2D eigenvalue weighted by Gasteiger charge is 2.21. The molecule has 0 atom stereocenters. The van der Waals surface area contributed by atoms with Crippen molar-refractivity contribution >= 4 is 17.0 Å². The highest BCUT2D eigenvalue weighted by Crippen LogP contribution is 2.33. The number of esters is 1. The summed E-state index contributed by atoms with van der Waals surface area (Å²) in [6.07, 6.45) is 0. The van der Waals surface area contributed by atoms with Crippen molar-refractivity contribution in [1.29, 1.82) is 0 Å². The molecule has 0 bridgehead atoms. The molecular weight excluding hydrogens is 302 g/mol. The first-order chi connectivity index (χ1) is 11.3. The van der Waals surface area contributed by atoms with Crippen LogP contribution in [0.25, 0.3) is 16.7 Å². The van der Waals surface area contributed by atoms with Crippen molar-refractivity contribution in [3.8, 4) is 11.4 Å². The quantitative estimate of drug-likeness (QED) is 0.529. The van der Waals surface area contributed by atoms with E-state index in [4.69, 9.17) is 4.74 Å². The Balaban J connectivity index is 2.26. The van der Waals surface area contributed by atoms with Gasteiger partial charge in [-0.2, -0.15) is 0 Å². The minimum Gasteiger partial charge on any atom is -0.424 e. The maximum Gasteiger partial charge on any atom is 0.308 e. The predicted octanol–water partition coefficient (Wildman–Crippen LogP) is 3.95. The van der Waals surface area contributed by atoms with Crippen molar-refractivity contribution in [2.24, 2.45) is 0 Å². The van der Waals surface area contributed by atoms with Crippen LogP contribution >= 0.6 is 0 Å². The molecule has 0 fully saturated rings. The summed E-state index contributed by atoms with van der Waals surface area (Å²) in [4.78, 5) is 13.1. The van der Waals surface area contributed by atoms with Gasteiger partial charge in [-0.3, -0.25) is 4.79 Å². The number of ether oxygens (including phenoxy) is 1. The number of carbonyl (C=O) groups is 1. The highest BCUT2D eigenvalue weighted by atomic mass is 16.5. The van der Waals surface area contributed by atoms with E-state index in [1.807, 2.05) is 43.3 Å². The van der Waals surface area contributed by atoms with E-state index in [-0.39, 0.29) is 11.4 Å². The number of rotatable bonds is 2. The van der Waals surface area contributed by atoms with Gasteiger partial charge in [0.1, 0.15) is 16.7 Å². The molecule has 0 aliphatic carbocycles. The van der Waals surface area contributed by atoms with Crippen LogP contribution in [0.4, 0.5) is 0 Å². The molecule has 3 aromatic rings. The van der Waals surface area contributed by atoms with E-state index in [0.717, 1.165) is 22.2 Å². The third kappa shape index (κ3) is 3.02. The fourth-order valence-corrected chi connectivity index (χ4v) is 2.58. The fourth-order valence-electron chi connectivity index (χ4n) is 2.58. The van der Waals surface area contributed by atoms with Gasteiger partial charge in [0.2, 0.25) is 0 Å². The van der Waals surface area contributed by atoms with Gasteiger partial charge in [0, 0.05) is 6.92 Å². The van der Waals surface area contributed by atoms with Gasteiger partial charge in [0.05, 0.1) is 0 Å². The van der Waals surface area contributed by atoms with Gasteiger partial charge in [0.25, 0.3) is 0 Å². The Kier molecular flexibility index (Phi) is 3.87. The second-order valence-corrected chi connectivity index (χ2v) is 6.96. The van der Waals surface area contributed by atoms with Crippen LogP contribution in [-0.4, -0.2) is 21.0 Å². The molecule has 5 heteroatoms. The summed E-state index contributed by atoms with van der Waals surface area (Å²) in [6.45, 7) is 9.76. The Morgan fingerprint density at radius 2 is 1.67 bits per heavy atom. The van der Waals surface area contributed by atoms with Crippen LogP contribution in [-0.2, 0) is 10.2 Å². The number of nitrogens with zero attached hydrogens (tertiary/aromatic N) is 3. The van der Waals surface area contributed by atoms with Gasteiger partial charge >= 0.3 is 5.97 Å². The van der Waals surface area contributed by atoms with Crippen molar-refractivity contribution in [2.75, 3.05) is 0 Å². The first kappa shape index (κ1) is 16.2. The number of aryl methyl sites for hydroxylation is 1. The van der Waals surface area contributed by atoms with Crippen molar-refractivity contribution in [3.05, 3.63) is 47.5 Å². The average Bonchev–Trinajstić information content (AvgIpc) is 2.91. The van der Waals surface area contributed by atoms with Crippen LogP contribution in [0.15, 0.2) is 36.4 Å². The van der Waals surface area contributed by atoms with Crippen LogP contribution in [0, 0.1) is 6.92 Å². The van der Waals surface area contributed by atoms with E-state index >= 15 is 0 Å². The Morgan fingerprint density at radius 1 is 1.08 bits per heavy atom. The Hall–Kier alpha value is -2.69. The van der Waals surface area contributed by atoms with Crippen LogP contribution in [0.5, 0.6) is 5.75 Å². The second-order valence-electron chi connectivity index (χ2n) is 6.96. The van der Waals surface area contributed by atoms with E-state index in [1.54, 1.807) is 4.80 Å². The molecule has 0 aliphatic heterocycles. The average molecular weight is 323 g/mol. The zero-order valence-corrected chi connectivity index (χ0v) is 14.6. The smallest absolute Gasteiger partial charge is 0.308 e. The van der Waals surface area contributed by atoms with Crippen molar-refractivity contribution < 1.29 is 9.53 Å². The summed E-state index contributed by atoms with van der Waals surface area (Å²) in [5, 5.41) is 9.06. The van der Waals surface area contributed by atoms with E-state index < -0.39 is 0 Å². The van der Waals surface area contributed by atoms with Crippen LogP contribution in [0.1, 0.15) is 38.8 Å². The Morgan fingerprint density at radius 3 is 2.17 bits per heavy atom. The van der Waals surface area contributed by atoms with Crippen molar-refractivity contribution in [1.82, 2.24) is 15.0 Å². The molecule has 124 valence electrons. The van der Waals surface area contributed by atoms with Crippen LogP contribution < -0.4 is 4.74 Å². The minimum absolute atomic E-state index is 0.0408. The second kappa shape index (κ2) is 5.74. The van der Waals surface area contributed by atoms with Crippen molar-refractivity contribution in [3.63, 3.8) is 0 Å². The maximum atomic E-state index is 11.5. The molecule has 0 N–H and O–H groups in total. The van der Waals surface area contributed by atoms with E-state index in [2.05, 4.69) is 31.0 Å². The molecule has 1 aromatic heterocycles. The topological polar surface area (TPSA) is 57.0 Å². The predicted molar refractivity (Wildman–Crippen MR) is 93.6 cm³/mol. The molecule has 0 saturated heterocycles. The lowest BCUT2D eigenvalue weighted by Crippen LogP contribution is -2.15. The molecule has 3 rings (SSSR count). The summed E-state index contributed by atoms with van der Waals surface area (Å²) in [6, 6.07) is 11.7. The summed E-state index contributed by atoms with van der Waals surface area (Å²) < 4.78 is 5.45. The molecule has 0 aliphatic rings. The third-order valence-electron chi connectivity index (χ3n) is 3.87. The third-order valence-corrected chi connectivity index (χ3v) is 3.87. The zero-order valence-electron chi connectivity index (χ0n) is 14.6. The number of aromatic nitrogens is 3. The summed E-state index contributed by atoms with van der Waals surface area (Å²) in [5.41, 5.74) is 4.24. The largest absolute Gasteiger partial charge is 0.424 e. The van der Waals surface area contributed by atoms with E-state index in [0.29, 0.717) is 11.4 Å². The molecule has 5 nitrogen and oxygen atoms in total. The Labute approximate surface area is 141 Å². The number of fused-ring (bicyclic) bond motifs is 1. The molecule has 0 unspecified atom stereocenters. The van der Waals surface area contributed by atoms with Gasteiger partial charge in [-0.1, -0.05) is 39.0 Å². The van der Waals surface area contributed by atoms with Gasteiger partial charge in [-0.25, -0.2) is 0 Å². The molecule has 2 aromatic carbocycles. The number of benzene rings is 2. The molecule has 1 heterocycles. The lowest BCUT2D eigenvalue weighted by Gasteiger charge is -2.22. The minimum atomic E-state index is -0.362.